The van der Waals surface area contributed by atoms with Crippen LogP contribution in [-0.4, -0.2) is 37.9 Å². The highest BCUT2D eigenvalue weighted by Gasteiger charge is 2.11. The highest BCUT2D eigenvalue weighted by molar-refractivity contribution is 7.99. The van der Waals surface area contributed by atoms with Crippen LogP contribution in [0.25, 0.3) is 0 Å². The van der Waals surface area contributed by atoms with E-state index in [0.717, 1.165) is 11.5 Å². The van der Waals surface area contributed by atoms with E-state index in [1.54, 1.807) is 0 Å². The minimum absolute atomic E-state index is 0.421. The summed E-state index contributed by atoms with van der Waals surface area (Å²) in [5.41, 5.74) is 0. The summed E-state index contributed by atoms with van der Waals surface area (Å²) in [5, 5.41) is 0. The van der Waals surface area contributed by atoms with Crippen LogP contribution in [-0.2, 0) is 9.47 Å². The number of hydrogen-bond donors (Lipinski definition) is 0. The van der Waals surface area contributed by atoms with Crippen LogP contribution in [0.4, 0.5) is 0 Å². The van der Waals surface area contributed by atoms with E-state index in [4.69, 9.17) is 9.47 Å². The van der Waals surface area contributed by atoms with Gasteiger partial charge < -0.3 is 9.47 Å². The fourth-order valence-corrected chi connectivity index (χ4v) is 3.73. The third-order valence-corrected chi connectivity index (χ3v) is 5.25. The molecule has 0 radical (unpaired) electrons. The lowest BCUT2D eigenvalue weighted by molar-refractivity contribution is 0.108. The van der Waals surface area contributed by atoms with Gasteiger partial charge in [0.05, 0.1) is 12.2 Å². The van der Waals surface area contributed by atoms with Crippen LogP contribution >= 0.6 is 11.8 Å². The highest BCUT2D eigenvalue weighted by atomic mass is 32.2. The smallest absolute Gasteiger partial charge is 0.0661 e. The molecule has 0 bridgehead atoms. The molecule has 0 rings (SSSR count). The Labute approximate surface area is 137 Å². The topological polar surface area (TPSA) is 18.5 Å². The van der Waals surface area contributed by atoms with Gasteiger partial charge in [0.15, 0.2) is 0 Å². The van der Waals surface area contributed by atoms with Crippen LogP contribution in [0, 0.1) is 0 Å². The standard InChI is InChI=1S/C18H38O2S/c1-5-7-9-11-13-17(19-3)15-21-16-18(20-4)14-12-10-8-6-2/h17-18H,5-16H2,1-4H3. The molecule has 0 aromatic carbocycles. The SMILES string of the molecule is CCCCCCC(CSCC(CCCCCC)OC)OC. The average molecular weight is 319 g/mol. The van der Waals surface area contributed by atoms with Gasteiger partial charge in [0.1, 0.15) is 0 Å². The zero-order valence-corrected chi connectivity index (χ0v) is 15.7. The molecule has 0 aliphatic rings. The van der Waals surface area contributed by atoms with Crippen molar-refractivity contribution >= 4 is 11.8 Å². The van der Waals surface area contributed by atoms with Crippen molar-refractivity contribution in [3.05, 3.63) is 0 Å². The highest BCUT2D eigenvalue weighted by Crippen LogP contribution is 2.17. The van der Waals surface area contributed by atoms with Gasteiger partial charge in [0, 0.05) is 25.7 Å². The Hall–Kier alpha value is 0.270. The van der Waals surface area contributed by atoms with Crippen molar-refractivity contribution in [1.82, 2.24) is 0 Å². The predicted octanol–water partition coefficient (Wildman–Crippen LogP) is 5.69. The van der Waals surface area contributed by atoms with Crippen molar-refractivity contribution in [2.75, 3.05) is 25.7 Å². The van der Waals surface area contributed by atoms with Gasteiger partial charge >= 0.3 is 0 Å². The fraction of sp³-hybridized carbons (Fsp3) is 1.00. The molecule has 2 atom stereocenters. The average Bonchev–Trinajstić information content (AvgIpc) is 2.51. The first-order valence-corrected chi connectivity index (χ1v) is 10.1. The van der Waals surface area contributed by atoms with Crippen LogP contribution < -0.4 is 0 Å². The summed E-state index contributed by atoms with van der Waals surface area (Å²) in [7, 11) is 3.70. The Morgan fingerprint density at radius 3 is 1.43 bits per heavy atom. The third-order valence-electron chi connectivity index (χ3n) is 4.03. The van der Waals surface area contributed by atoms with Crippen molar-refractivity contribution in [3.8, 4) is 0 Å². The van der Waals surface area contributed by atoms with Crippen molar-refractivity contribution < 1.29 is 9.47 Å². The normalized spacial score (nSPS) is 14.3. The number of unbranched alkanes of at least 4 members (excludes halogenated alkanes) is 6. The van der Waals surface area contributed by atoms with Gasteiger partial charge in [-0.3, -0.25) is 0 Å². The van der Waals surface area contributed by atoms with E-state index >= 15 is 0 Å². The van der Waals surface area contributed by atoms with E-state index in [1.165, 1.54) is 64.2 Å². The monoisotopic (exact) mass is 318 g/mol. The third kappa shape index (κ3) is 13.6. The van der Waals surface area contributed by atoms with Gasteiger partial charge in [0.25, 0.3) is 0 Å². The molecular weight excluding hydrogens is 280 g/mol. The van der Waals surface area contributed by atoms with Crippen molar-refractivity contribution in [2.45, 2.75) is 90.3 Å². The number of methoxy groups -OCH3 is 2. The van der Waals surface area contributed by atoms with Gasteiger partial charge in [0.2, 0.25) is 0 Å². The van der Waals surface area contributed by atoms with E-state index in [-0.39, 0.29) is 0 Å². The molecule has 2 unspecified atom stereocenters. The molecule has 0 heterocycles. The van der Waals surface area contributed by atoms with Crippen LogP contribution in [0.2, 0.25) is 0 Å². The Morgan fingerprint density at radius 2 is 1.10 bits per heavy atom. The number of rotatable bonds is 16. The molecule has 2 nitrogen and oxygen atoms in total. The van der Waals surface area contributed by atoms with Gasteiger partial charge in [-0.25, -0.2) is 0 Å². The molecule has 0 N–H and O–H groups in total. The zero-order chi connectivity index (χ0) is 15.8. The summed E-state index contributed by atoms with van der Waals surface area (Å²) in [6.45, 7) is 4.52. The predicted molar refractivity (Wildman–Crippen MR) is 96.4 cm³/mol. The first kappa shape index (κ1) is 21.3. The summed E-state index contributed by atoms with van der Waals surface area (Å²) in [6, 6.07) is 0. The second kappa shape index (κ2) is 16.6. The molecule has 128 valence electrons. The molecule has 0 aliphatic carbocycles. The lowest BCUT2D eigenvalue weighted by Crippen LogP contribution is -2.18. The quantitative estimate of drug-likeness (QED) is 0.341. The van der Waals surface area contributed by atoms with Gasteiger partial charge in [-0.1, -0.05) is 65.2 Å². The van der Waals surface area contributed by atoms with Crippen molar-refractivity contribution in [2.24, 2.45) is 0 Å². The first-order valence-electron chi connectivity index (χ1n) is 8.91. The van der Waals surface area contributed by atoms with Gasteiger partial charge in [-0.2, -0.15) is 11.8 Å². The molecule has 0 saturated carbocycles. The number of hydrogen-bond acceptors (Lipinski definition) is 3. The largest absolute Gasteiger partial charge is 0.381 e. The molecule has 21 heavy (non-hydrogen) atoms. The minimum Gasteiger partial charge on any atom is -0.381 e. The van der Waals surface area contributed by atoms with Gasteiger partial charge in [-0.15, -0.1) is 0 Å². The van der Waals surface area contributed by atoms with E-state index in [9.17, 15) is 0 Å². The summed E-state index contributed by atoms with van der Waals surface area (Å²) in [5.74, 6) is 2.22. The molecular formula is C18H38O2S. The molecule has 0 fully saturated rings. The van der Waals surface area contributed by atoms with Crippen LogP contribution in [0.1, 0.15) is 78.1 Å². The van der Waals surface area contributed by atoms with E-state index < -0.39 is 0 Å². The van der Waals surface area contributed by atoms with Crippen LogP contribution in [0.15, 0.2) is 0 Å². The number of thioether (sulfide) groups is 1. The van der Waals surface area contributed by atoms with Gasteiger partial charge in [-0.05, 0) is 12.8 Å². The Morgan fingerprint density at radius 1 is 0.667 bits per heavy atom. The van der Waals surface area contributed by atoms with Crippen molar-refractivity contribution in [1.29, 1.82) is 0 Å². The summed E-state index contributed by atoms with van der Waals surface area (Å²) >= 11 is 2.00. The first-order chi connectivity index (χ1) is 10.3. The lowest BCUT2D eigenvalue weighted by atomic mass is 10.1. The minimum atomic E-state index is 0.421. The maximum atomic E-state index is 5.60. The second-order valence-electron chi connectivity index (χ2n) is 5.95. The molecule has 3 heteroatoms. The molecule has 0 amide bonds. The summed E-state index contributed by atoms with van der Waals surface area (Å²) in [6.07, 6.45) is 13.9. The molecule has 0 spiro atoms. The molecule has 0 aliphatic heterocycles. The maximum Gasteiger partial charge on any atom is 0.0661 e. The van der Waals surface area contributed by atoms with Crippen LogP contribution in [0.5, 0.6) is 0 Å². The summed E-state index contributed by atoms with van der Waals surface area (Å²) < 4.78 is 11.2. The molecule has 0 aromatic heterocycles. The fourth-order valence-electron chi connectivity index (χ4n) is 2.47. The Balaban J connectivity index is 3.64. The Kier molecular flexibility index (Phi) is 16.9. The zero-order valence-electron chi connectivity index (χ0n) is 14.9. The molecule has 0 aromatic rings. The van der Waals surface area contributed by atoms with E-state index in [1.807, 2.05) is 26.0 Å². The Bertz CT molecular complexity index is 180. The lowest BCUT2D eigenvalue weighted by Gasteiger charge is -2.18. The maximum absolute atomic E-state index is 5.60. The molecule has 0 saturated heterocycles. The van der Waals surface area contributed by atoms with E-state index in [2.05, 4.69) is 13.8 Å². The van der Waals surface area contributed by atoms with E-state index in [0.29, 0.717) is 12.2 Å². The summed E-state index contributed by atoms with van der Waals surface area (Å²) in [4.78, 5) is 0. The number of ether oxygens (including phenoxy) is 2. The van der Waals surface area contributed by atoms with Crippen molar-refractivity contribution in [3.63, 3.8) is 0 Å². The second-order valence-corrected chi connectivity index (χ2v) is 7.03. The van der Waals surface area contributed by atoms with Crippen LogP contribution in [0.3, 0.4) is 0 Å².